The molecule has 0 heterocycles. The molecule has 22 heavy (non-hydrogen) atoms. The number of aliphatic hydroxyl groups excluding tert-OH is 1. The van der Waals surface area contributed by atoms with Crippen molar-refractivity contribution < 1.29 is 28.2 Å². The van der Waals surface area contributed by atoms with Gasteiger partial charge < -0.3 is 15.5 Å². The van der Waals surface area contributed by atoms with Gasteiger partial charge in [0.15, 0.2) is 6.04 Å². The lowest BCUT2D eigenvalue weighted by atomic mass is 10.1. The van der Waals surface area contributed by atoms with Crippen LogP contribution < -0.4 is 5.32 Å². The number of aliphatic carboxylic acids is 1. The monoisotopic (exact) mass is 330 g/mol. The Kier molecular flexibility index (Phi) is 5.64. The van der Waals surface area contributed by atoms with Crippen molar-refractivity contribution in [2.24, 2.45) is 0 Å². The van der Waals surface area contributed by atoms with Gasteiger partial charge in [0.05, 0.1) is 11.0 Å². The number of nitrogens with one attached hydrogen (secondary N) is 1. The first-order valence-corrected chi connectivity index (χ1v) is 7.75. The van der Waals surface area contributed by atoms with Crippen LogP contribution in [0.3, 0.4) is 0 Å². The Morgan fingerprint density at radius 1 is 1.18 bits per heavy atom. The number of rotatable bonds is 6. The number of nitrogens with zero attached hydrogens (tertiary/aromatic N) is 1. The topological polar surface area (TPSA) is 124 Å². The molecule has 0 saturated heterocycles. The van der Waals surface area contributed by atoms with Gasteiger partial charge in [0, 0.05) is 19.7 Å². The van der Waals surface area contributed by atoms with E-state index in [-0.39, 0.29) is 10.5 Å². The highest BCUT2D eigenvalue weighted by atomic mass is 32.2. The largest absolute Gasteiger partial charge is 0.480 e. The van der Waals surface area contributed by atoms with Crippen molar-refractivity contribution in [1.82, 2.24) is 9.62 Å². The van der Waals surface area contributed by atoms with E-state index < -0.39 is 34.0 Å². The first kappa shape index (κ1) is 18.1. The van der Waals surface area contributed by atoms with E-state index in [0.717, 1.165) is 4.31 Å². The predicted octanol–water partition coefficient (Wildman–Crippen LogP) is -0.499. The standard InChI is InChI=1S/C13H18N2O6S/c1-8(16)11(13(18)19)14-12(17)9-4-6-10(7-5-9)22(20,21)15(2)3/h4-8,11,16H,1-3H3,(H,14,17)(H,18,19). The zero-order valence-electron chi connectivity index (χ0n) is 12.3. The van der Waals surface area contributed by atoms with Gasteiger partial charge in [-0.2, -0.15) is 0 Å². The Hall–Kier alpha value is -1.97. The highest BCUT2D eigenvalue weighted by molar-refractivity contribution is 7.89. The van der Waals surface area contributed by atoms with Crippen LogP contribution in [0, 0.1) is 0 Å². The zero-order valence-corrected chi connectivity index (χ0v) is 13.2. The van der Waals surface area contributed by atoms with Crippen LogP contribution in [0.25, 0.3) is 0 Å². The second-order valence-electron chi connectivity index (χ2n) is 4.84. The normalized spacial score (nSPS) is 14.4. The Morgan fingerprint density at radius 3 is 2.05 bits per heavy atom. The van der Waals surface area contributed by atoms with Crippen LogP contribution in [0.2, 0.25) is 0 Å². The van der Waals surface area contributed by atoms with Gasteiger partial charge in [0.25, 0.3) is 5.91 Å². The molecule has 0 saturated carbocycles. The molecule has 1 rings (SSSR count). The van der Waals surface area contributed by atoms with Crippen molar-refractivity contribution in [2.45, 2.75) is 24.0 Å². The molecule has 0 fully saturated rings. The molecule has 8 nitrogen and oxygen atoms in total. The number of amides is 1. The maximum absolute atomic E-state index is 11.9. The summed E-state index contributed by atoms with van der Waals surface area (Å²) in [7, 11) is -0.832. The summed E-state index contributed by atoms with van der Waals surface area (Å²) >= 11 is 0. The highest BCUT2D eigenvalue weighted by Crippen LogP contribution is 2.14. The molecule has 1 amide bonds. The number of carbonyl (C=O) groups is 2. The Labute approximate surface area is 128 Å². The minimum atomic E-state index is -3.60. The number of hydrogen-bond acceptors (Lipinski definition) is 5. The van der Waals surface area contributed by atoms with Gasteiger partial charge in [-0.15, -0.1) is 0 Å². The molecule has 0 bridgehead atoms. The molecule has 0 spiro atoms. The molecule has 2 atom stereocenters. The Balaban J connectivity index is 2.96. The SMILES string of the molecule is CC(O)C(NC(=O)c1ccc(S(=O)(=O)N(C)C)cc1)C(=O)O. The number of carbonyl (C=O) groups excluding carboxylic acids is 1. The maximum atomic E-state index is 11.9. The second kappa shape index (κ2) is 6.86. The van der Waals surface area contributed by atoms with E-state index >= 15 is 0 Å². The van der Waals surface area contributed by atoms with Crippen LogP contribution in [0.1, 0.15) is 17.3 Å². The molecule has 0 aliphatic carbocycles. The summed E-state index contributed by atoms with van der Waals surface area (Å²) in [6.07, 6.45) is -1.27. The fraction of sp³-hybridized carbons (Fsp3) is 0.385. The van der Waals surface area contributed by atoms with E-state index in [1.165, 1.54) is 45.3 Å². The fourth-order valence-electron chi connectivity index (χ4n) is 1.60. The molecule has 0 radical (unpaired) electrons. The van der Waals surface area contributed by atoms with Crippen molar-refractivity contribution >= 4 is 21.9 Å². The van der Waals surface area contributed by atoms with Crippen molar-refractivity contribution in [1.29, 1.82) is 0 Å². The molecular formula is C13H18N2O6S. The average Bonchev–Trinajstić information content (AvgIpc) is 2.43. The lowest BCUT2D eigenvalue weighted by Crippen LogP contribution is -2.47. The third-order valence-electron chi connectivity index (χ3n) is 2.93. The van der Waals surface area contributed by atoms with Crippen molar-refractivity contribution in [3.63, 3.8) is 0 Å². The van der Waals surface area contributed by atoms with Crippen LogP contribution >= 0.6 is 0 Å². The van der Waals surface area contributed by atoms with E-state index in [1.54, 1.807) is 0 Å². The van der Waals surface area contributed by atoms with Gasteiger partial charge >= 0.3 is 5.97 Å². The molecular weight excluding hydrogens is 312 g/mol. The van der Waals surface area contributed by atoms with E-state index in [2.05, 4.69) is 5.32 Å². The summed E-state index contributed by atoms with van der Waals surface area (Å²) in [6.45, 7) is 1.24. The lowest BCUT2D eigenvalue weighted by Gasteiger charge is -2.17. The minimum Gasteiger partial charge on any atom is -0.480 e. The molecule has 1 aromatic rings. The summed E-state index contributed by atoms with van der Waals surface area (Å²) in [5.74, 6) is -2.09. The summed E-state index contributed by atoms with van der Waals surface area (Å²) in [5.41, 5.74) is 0.0876. The van der Waals surface area contributed by atoms with Gasteiger partial charge in [-0.1, -0.05) is 0 Å². The van der Waals surface area contributed by atoms with Gasteiger partial charge in [-0.3, -0.25) is 4.79 Å². The van der Waals surface area contributed by atoms with Gasteiger partial charge in [0.2, 0.25) is 10.0 Å². The highest BCUT2D eigenvalue weighted by Gasteiger charge is 2.25. The number of carboxylic acids is 1. The van der Waals surface area contributed by atoms with E-state index in [4.69, 9.17) is 5.11 Å². The zero-order chi connectivity index (χ0) is 17.1. The lowest BCUT2D eigenvalue weighted by molar-refractivity contribution is -0.141. The summed E-state index contributed by atoms with van der Waals surface area (Å²) in [6, 6.07) is 3.60. The average molecular weight is 330 g/mol. The van der Waals surface area contributed by atoms with Crippen LogP contribution in [-0.4, -0.2) is 61.1 Å². The molecule has 1 aromatic carbocycles. The minimum absolute atomic E-state index is 0.0133. The first-order chi connectivity index (χ1) is 10.1. The number of sulfonamides is 1. The molecule has 2 unspecified atom stereocenters. The van der Waals surface area contributed by atoms with Crippen LogP contribution in [0.5, 0.6) is 0 Å². The summed E-state index contributed by atoms with van der Waals surface area (Å²) in [5, 5.41) is 20.4. The first-order valence-electron chi connectivity index (χ1n) is 6.31. The second-order valence-corrected chi connectivity index (χ2v) is 6.99. The van der Waals surface area contributed by atoms with E-state index in [0.29, 0.717) is 0 Å². The van der Waals surface area contributed by atoms with Gasteiger partial charge in [0.1, 0.15) is 0 Å². The van der Waals surface area contributed by atoms with E-state index in [9.17, 15) is 23.1 Å². The molecule has 0 aliphatic heterocycles. The van der Waals surface area contributed by atoms with Crippen molar-refractivity contribution in [2.75, 3.05) is 14.1 Å². The van der Waals surface area contributed by atoms with E-state index in [1.807, 2.05) is 0 Å². The molecule has 0 aromatic heterocycles. The Bertz CT molecular complexity index is 652. The molecule has 122 valence electrons. The quantitative estimate of drug-likeness (QED) is 0.646. The van der Waals surface area contributed by atoms with Crippen molar-refractivity contribution in [3.8, 4) is 0 Å². The molecule has 0 aliphatic rings. The Morgan fingerprint density at radius 2 is 1.68 bits per heavy atom. The third-order valence-corrected chi connectivity index (χ3v) is 4.76. The maximum Gasteiger partial charge on any atom is 0.328 e. The predicted molar refractivity (Wildman–Crippen MR) is 77.9 cm³/mol. The number of aliphatic hydroxyl groups is 1. The third kappa shape index (κ3) is 4.03. The van der Waals surface area contributed by atoms with Crippen LogP contribution in [-0.2, 0) is 14.8 Å². The molecule has 3 N–H and O–H groups in total. The molecule has 9 heteroatoms. The number of carboxylic acid groups (broad SMARTS) is 1. The van der Waals surface area contributed by atoms with Gasteiger partial charge in [-0.25, -0.2) is 17.5 Å². The van der Waals surface area contributed by atoms with Gasteiger partial charge in [-0.05, 0) is 31.2 Å². The van der Waals surface area contributed by atoms with Crippen LogP contribution in [0.15, 0.2) is 29.2 Å². The smallest absolute Gasteiger partial charge is 0.328 e. The summed E-state index contributed by atoms with van der Waals surface area (Å²) in [4.78, 5) is 22.8. The fourth-order valence-corrected chi connectivity index (χ4v) is 2.50. The number of hydrogen-bond donors (Lipinski definition) is 3. The summed E-state index contributed by atoms with van der Waals surface area (Å²) < 4.78 is 24.8. The van der Waals surface area contributed by atoms with Crippen LogP contribution in [0.4, 0.5) is 0 Å². The number of benzene rings is 1. The van der Waals surface area contributed by atoms with Crippen molar-refractivity contribution in [3.05, 3.63) is 29.8 Å².